The Kier molecular flexibility index (Phi) is 6.45. The Bertz CT molecular complexity index is 1590. The van der Waals surface area contributed by atoms with Gasteiger partial charge in [-0.2, -0.15) is 0 Å². The highest BCUT2D eigenvalue weighted by Crippen LogP contribution is 2.36. The molecule has 2 N–H and O–H groups in total. The van der Waals surface area contributed by atoms with Gasteiger partial charge in [0, 0.05) is 35.1 Å². The number of H-pyrrole nitrogens is 1. The number of ether oxygens (including phenoxy) is 1. The van der Waals surface area contributed by atoms with Crippen LogP contribution in [-0.4, -0.2) is 39.6 Å². The summed E-state index contributed by atoms with van der Waals surface area (Å²) in [5, 5.41) is 3.90. The van der Waals surface area contributed by atoms with Crippen molar-refractivity contribution in [1.29, 1.82) is 0 Å². The molecule has 1 saturated carbocycles. The van der Waals surface area contributed by atoms with Gasteiger partial charge in [0.05, 0.1) is 30.0 Å². The van der Waals surface area contributed by atoms with E-state index in [9.17, 15) is 9.59 Å². The molecule has 1 aliphatic rings. The average molecular weight is 511 g/mol. The number of hydrogen-bond acceptors (Lipinski definition) is 5. The van der Waals surface area contributed by atoms with Gasteiger partial charge < -0.3 is 24.0 Å². The normalized spacial score (nSPS) is 15.1. The number of esters is 1. The minimum Gasteiger partial charge on any atom is -0.472 e. The maximum Gasteiger partial charge on any atom is 0.328 e. The molecule has 1 atom stereocenters. The minimum absolute atomic E-state index is 0.311. The van der Waals surface area contributed by atoms with Crippen LogP contribution >= 0.6 is 0 Å². The lowest BCUT2D eigenvalue weighted by Crippen LogP contribution is -2.43. The lowest BCUT2D eigenvalue weighted by Gasteiger charge is -2.25. The monoisotopic (exact) mass is 510 g/mol. The molecular formula is C30H30N4O4. The molecular weight excluding hydrogens is 480 g/mol. The fraction of sp³-hybridized carbons (Fsp3) is 0.300. The van der Waals surface area contributed by atoms with E-state index in [0.717, 1.165) is 51.7 Å². The number of methoxy groups -OCH3 is 1. The first-order valence-electron chi connectivity index (χ1n) is 13.1. The van der Waals surface area contributed by atoms with Crippen LogP contribution < -0.4 is 5.32 Å². The van der Waals surface area contributed by atoms with E-state index in [4.69, 9.17) is 14.1 Å². The molecule has 3 aromatic heterocycles. The number of amides is 1. The number of rotatable bonds is 7. The number of aromatic amines is 1. The first-order valence-corrected chi connectivity index (χ1v) is 13.1. The van der Waals surface area contributed by atoms with Crippen molar-refractivity contribution >= 4 is 33.8 Å². The fourth-order valence-electron chi connectivity index (χ4n) is 5.64. The predicted octanol–water partition coefficient (Wildman–Crippen LogP) is 5.80. The van der Waals surface area contributed by atoms with Crippen molar-refractivity contribution in [1.82, 2.24) is 19.9 Å². The summed E-state index contributed by atoms with van der Waals surface area (Å²) in [5.74, 6) is 0.0118. The van der Waals surface area contributed by atoms with E-state index < -0.39 is 12.0 Å². The van der Waals surface area contributed by atoms with Crippen LogP contribution in [-0.2, 0) is 16.0 Å². The Hall–Kier alpha value is -4.33. The third-order valence-corrected chi connectivity index (χ3v) is 7.56. The van der Waals surface area contributed by atoms with E-state index in [0.29, 0.717) is 18.0 Å². The van der Waals surface area contributed by atoms with Crippen molar-refractivity contribution in [3.05, 3.63) is 78.4 Å². The molecule has 0 saturated heterocycles. The van der Waals surface area contributed by atoms with Gasteiger partial charge in [0.15, 0.2) is 0 Å². The molecule has 8 heteroatoms. The number of carbonyl (C=O) groups excluding carboxylic acids is 2. The van der Waals surface area contributed by atoms with E-state index in [-0.39, 0.29) is 5.91 Å². The van der Waals surface area contributed by atoms with Gasteiger partial charge >= 0.3 is 5.97 Å². The van der Waals surface area contributed by atoms with Gasteiger partial charge in [-0.05, 0) is 48.7 Å². The van der Waals surface area contributed by atoms with Crippen LogP contribution in [0.3, 0.4) is 0 Å². The summed E-state index contributed by atoms with van der Waals surface area (Å²) in [7, 11) is 1.33. The van der Waals surface area contributed by atoms with Crippen LogP contribution in [0.1, 0.15) is 54.1 Å². The highest BCUT2D eigenvalue weighted by molar-refractivity contribution is 6.00. The number of furan rings is 1. The van der Waals surface area contributed by atoms with Gasteiger partial charge in [-0.25, -0.2) is 9.78 Å². The number of carbonyl (C=O) groups is 2. The SMILES string of the molecule is COC(=O)[C@H](Cc1c[nH]c2ccccc12)NC(=O)c1ccc2c(c1)nc(-c1ccoc1)n2C1CCCCC1. The van der Waals surface area contributed by atoms with Crippen molar-refractivity contribution in [2.75, 3.05) is 7.11 Å². The second kappa shape index (κ2) is 10.2. The average Bonchev–Trinajstić information content (AvgIpc) is 3.71. The Morgan fingerprint density at radius 1 is 1.16 bits per heavy atom. The molecule has 0 unspecified atom stereocenters. The summed E-state index contributed by atoms with van der Waals surface area (Å²) in [4.78, 5) is 34.1. The van der Waals surface area contributed by atoms with Crippen molar-refractivity contribution < 1.29 is 18.7 Å². The van der Waals surface area contributed by atoms with Crippen LogP contribution in [0.2, 0.25) is 0 Å². The largest absolute Gasteiger partial charge is 0.472 e. The minimum atomic E-state index is -0.830. The van der Waals surface area contributed by atoms with E-state index in [2.05, 4.69) is 14.9 Å². The molecule has 5 aromatic rings. The van der Waals surface area contributed by atoms with E-state index >= 15 is 0 Å². The molecule has 0 radical (unpaired) electrons. The number of fused-ring (bicyclic) bond motifs is 2. The van der Waals surface area contributed by atoms with Gasteiger partial charge in [0.2, 0.25) is 0 Å². The lowest BCUT2D eigenvalue weighted by atomic mass is 9.95. The Morgan fingerprint density at radius 2 is 2.00 bits per heavy atom. The fourth-order valence-corrected chi connectivity index (χ4v) is 5.64. The number of para-hydroxylation sites is 1. The van der Waals surface area contributed by atoms with E-state index in [1.165, 1.54) is 26.4 Å². The number of imidazole rings is 1. The standard InChI is InChI=1S/C30H30N4O4/c1-37-30(36)26(16-21-17-31-24-10-6-5-9-23(21)24)33-29(35)19-11-12-27-25(15-19)32-28(20-13-14-38-18-20)34(27)22-7-3-2-4-8-22/h5-6,9-15,17-18,22,26,31H,2-4,7-8,16H2,1H3,(H,33,35)/t26-/m0/s1. The van der Waals surface area contributed by atoms with Crippen LogP contribution in [0.25, 0.3) is 33.3 Å². The maximum atomic E-state index is 13.4. The van der Waals surface area contributed by atoms with E-state index in [1.807, 2.05) is 42.6 Å². The molecule has 1 fully saturated rings. The molecule has 1 aliphatic carbocycles. The Morgan fingerprint density at radius 3 is 2.79 bits per heavy atom. The van der Waals surface area contributed by atoms with Crippen LogP contribution in [0.5, 0.6) is 0 Å². The van der Waals surface area contributed by atoms with Crippen molar-refractivity contribution in [3.63, 3.8) is 0 Å². The molecule has 6 rings (SSSR count). The van der Waals surface area contributed by atoms with Crippen LogP contribution in [0.4, 0.5) is 0 Å². The Labute approximate surface area is 220 Å². The highest BCUT2D eigenvalue weighted by atomic mass is 16.5. The molecule has 2 aromatic carbocycles. The number of nitrogens with zero attached hydrogens (tertiary/aromatic N) is 2. The smallest absolute Gasteiger partial charge is 0.328 e. The molecule has 194 valence electrons. The Balaban J connectivity index is 1.30. The maximum absolute atomic E-state index is 13.4. The first-order chi connectivity index (χ1) is 18.6. The molecule has 1 amide bonds. The van der Waals surface area contributed by atoms with Crippen molar-refractivity contribution in [2.45, 2.75) is 50.6 Å². The third kappa shape index (κ3) is 4.47. The molecule has 38 heavy (non-hydrogen) atoms. The highest BCUT2D eigenvalue weighted by Gasteiger charge is 2.26. The van der Waals surface area contributed by atoms with Crippen LogP contribution in [0.15, 0.2) is 71.7 Å². The lowest BCUT2D eigenvalue weighted by molar-refractivity contribution is -0.142. The molecule has 0 bridgehead atoms. The summed E-state index contributed by atoms with van der Waals surface area (Å²) in [5.41, 5.74) is 5.01. The van der Waals surface area contributed by atoms with Crippen molar-refractivity contribution in [3.8, 4) is 11.4 Å². The number of aromatic nitrogens is 3. The molecule has 0 aliphatic heterocycles. The molecule has 8 nitrogen and oxygen atoms in total. The summed E-state index contributed by atoms with van der Waals surface area (Å²) in [6.45, 7) is 0. The van der Waals surface area contributed by atoms with Gasteiger partial charge in [0.25, 0.3) is 5.91 Å². The molecule has 3 heterocycles. The van der Waals surface area contributed by atoms with Gasteiger partial charge in [-0.1, -0.05) is 37.5 Å². The summed E-state index contributed by atoms with van der Waals surface area (Å²) >= 11 is 0. The predicted molar refractivity (Wildman–Crippen MR) is 145 cm³/mol. The summed E-state index contributed by atoms with van der Waals surface area (Å²) in [6.07, 6.45) is 11.4. The first kappa shape index (κ1) is 24.0. The number of hydrogen-bond donors (Lipinski definition) is 2. The summed E-state index contributed by atoms with van der Waals surface area (Å²) in [6, 6.07) is 14.9. The quantitative estimate of drug-likeness (QED) is 0.270. The van der Waals surface area contributed by atoms with Gasteiger partial charge in [0.1, 0.15) is 18.1 Å². The van der Waals surface area contributed by atoms with Crippen LogP contribution in [0, 0.1) is 0 Å². The topological polar surface area (TPSA) is 102 Å². The molecule has 0 spiro atoms. The third-order valence-electron chi connectivity index (χ3n) is 7.56. The van der Waals surface area contributed by atoms with E-state index in [1.54, 1.807) is 24.7 Å². The van der Waals surface area contributed by atoms with Crippen molar-refractivity contribution in [2.24, 2.45) is 0 Å². The zero-order chi connectivity index (χ0) is 26.1. The second-order valence-electron chi connectivity index (χ2n) is 9.93. The summed E-state index contributed by atoms with van der Waals surface area (Å²) < 4.78 is 12.7. The zero-order valence-electron chi connectivity index (χ0n) is 21.3. The second-order valence-corrected chi connectivity index (χ2v) is 9.93. The van der Waals surface area contributed by atoms with Gasteiger partial charge in [-0.3, -0.25) is 4.79 Å². The number of nitrogens with one attached hydrogen (secondary N) is 2. The number of benzene rings is 2. The zero-order valence-corrected chi connectivity index (χ0v) is 21.3. The van der Waals surface area contributed by atoms with Gasteiger partial charge in [-0.15, -0.1) is 0 Å².